The summed E-state index contributed by atoms with van der Waals surface area (Å²) in [5.41, 5.74) is 0. The van der Waals surface area contributed by atoms with Gasteiger partial charge >= 0.3 is 17.9 Å². The molecule has 0 N–H and O–H groups in total. The van der Waals surface area contributed by atoms with Crippen molar-refractivity contribution in [3.05, 3.63) is 48.6 Å². The van der Waals surface area contributed by atoms with Gasteiger partial charge in [0.25, 0.3) is 0 Å². The average molecular weight is 968 g/mol. The largest absolute Gasteiger partial charge is 0.462 e. The Hall–Kier alpha value is -2.63. The zero-order chi connectivity index (χ0) is 50.0. The van der Waals surface area contributed by atoms with Crippen molar-refractivity contribution < 1.29 is 28.6 Å². The lowest BCUT2D eigenvalue weighted by atomic mass is 10.0. The Morgan fingerprint density at radius 1 is 0.290 bits per heavy atom. The van der Waals surface area contributed by atoms with Gasteiger partial charge < -0.3 is 14.2 Å². The monoisotopic (exact) mass is 967 g/mol. The predicted molar refractivity (Wildman–Crippen MR) is 298 cm³/mol. The van der Waals surface area contributed by atoms with E-state index in [0.717, 1.165) is 89.9 Å². The fourth-order valence-electron chi connectivity index (χ4n) is 8.74. The third-order valence-electron chi connectivity index (χ3n) is 13.3. The number of esters is 3. The van der Waals surface area contributed by atoms with Crippen LogP contribution < -0.4 is 0 Å². The van der Waals surface area contributed by atoms with Crippen LogP contribution in [0.25, 0.3) is 0 Å². The van der Waals surface area contributed by atoms with Gasteiger partial charge in [-0.25, -0.2) is 0 Å². The molecule has 6 heteroatoms. The normalized spacial score (nSPS) is 12.3. The molecule has 0 aliphatic heterocycles. The van der Waals surface area contributed by atoms with Gasteiger partial charge in [0.05, 0.1) is 0 Å². The Bertz CT molecular complexity index is 1200. The SMILES string of the molecule is CCCCC/C=C\C/C=C\CCCCCCCC(=O)OC(COC(=O)CCCCCCCCCCC)COC(=O)CCCCCCCCCCCCCCCCC/C=C\C/C=C\CCCCCCC. The van der Waals surface area contributed by atoms with Crippen LogP contribution in [0.4, 0.5) is 0 Å². The molecule has 0 radical (unpaired) electrons. The topological polar surface area (TPSA) is 78.9 Å². The Morgan fingerprint density at radius 2 is 0.522 bits per heavy atom. The maximum absolute atomic E-state index is 12.8. The standard InChI is InChI=1S/C63H114O6/c1-4-7-10-13-16-19-21-23-25-26-27-28-29-30-31-32-33-34-35-36-38-39-41-44-47-50-53-56-62(65)68-59-60(58-67-61(64)55-52-49-46-43-18-15-12-9-6-3)69-63(66)57-54-51-48-45-42-40-37-24-22-20-17-14-11-8-5-2/h17,20-21,23-24,26-27,37,60H,4-16,18-19,22,25,28-36,38-59H2,1-3H3/b20-17-,23-21-,27-26-,37-24-. The van der Waals surface area contributed by atoms with E-state index in [9.17, 15) is 14.4 Å². The highest BCUT2D eigenvalue weighted by molar-refractivity contribution is 5.71. The minimum absolute atomic E-state index is 0.0756. The van der Waals surface area contributed by atoms with E-state index in [1.807, 2.05) is 0 Å². The van der Waals surface area contributed by atoms with Gasteiger partial charge in [0.2, 0.25) is 0 Å². The zero-order valence-electron chi connectivity index (χ0n) is 46.1. The molecule has 0 aliphatic carbocycles. The first-order valence-corrected chi connectivity index (χ1v) is 30.1. The molecule has 1 unspecified atom stereocenters. The summed E-state index contributed by atoms with van der Waals surface area (Å²) in [7, 11) is 0. The lowest BCUT2D eigenvalue weighted by molar-refractivity contribution is -0.167. The molecule has 0 spiro atoms. The molecular formula is C63H114O6. The second-order valence-corrected chi connectivity index (χ2v) is 20.3. The molecule has 1 atom stereocenters. The lowest BCUT2D eigenvalue weighted by Gasteiger charge is -2.18. The highest BCUT2D eigenvalue weighted by Gasteiger charge is 2.19. The number of hydrogen-bond acceptors (Lipinski definition) is 6. The number of ether oxygens (including phenoxy) is 3. The summed E-state index contributed by atoms with van der Waals surface area (Å²) >= 11 is 0. The van der Waals surface area contributed by atoms with Crippen LogP contribution in [-0.2, 0) is 28.6 Å². The molecule has 0 heterocycles. The van der Waals surface area contributed by atoms with Crippen LogP contribution >= 0.6 is 0 Å². The summed E-state index contributed by atoms with van der Waals surface area (Å²) < 4.78 is 16.8. The summed E-state index contributed by atoms with van der Waals surface area (Å²) in [5, 5.41) is 0. The van der Waals surface area contributed by atoms with Crippen molar-refractivity contribution >= 4 is 17.9 Å². The molecule has 402 valence electrons. The summed E-state index contributed by atoms with van der Waals surface area (Å²) in [6.07, 6.45) is 71.2. The molecule has 0 aromatic rings. The Labute approximate surface area is 428 Å². The first-order valence-electron chi connectivity index (χ1n) is 30.1. The summed E-state index contributed by atoms with van der Waals surface area (Å²) in [6.45, 7) is 6.60. The second-order valence-electron chi connectivity index (χ2n) is 20.3. The van der Waals surface area contributed by atoms with Gasteiger partial charge in [-0.15, -0.1) is 0 Å². The molecule has 6 nitrogen and oxygen atoms in total. The number of carbonyl (C=O) groups excluding carboxylic acids is 3. The van der Waals surface area contributed by atoms with Gasteiger partial charge in [-0.1, -0.05) is 262 Å². The molecule has 69 heavy (non-hydrogen) atoms. The molecular weight excluding hydrogens is 853 g/mol. The summed E-state index contributed by atoms with van der Waals surface area (Å²) in [5.74, 6) is -0.878. The summed E-state index contributed by atoms with van der Waals surface area (Å²) in [6, 6.07) is 0. The van der Waals surface area contributed by atoms with Crippen LogP contribution in [0.2, 0.25) is 0 Å². The van der Waals surface area contributed by atoms with E-state index < -0.39 is 6.10 Å². The molecule has 0 saturated heterocycles. The Kier molecular flexibility index (Phi) is 55.7. The minimum atomic E-state index is -0.776. The lowest BCUT2D eigenvalue weighted by Crippen LogP contribution is -2.30. The number of rotatable bonds is 55. The van der Waals surface area contributed by atoms with Crippen molar-refractivity contribution in [2.75, 3.05) is 13.2 Å². The molecule has 0 amide bonds. The van der Waals surface area contributed by atoms with Crippen LogP contribution in [0, 0.1) is 0 Å². The van der Waals surface area contributed by atoms with E-state index in [1.54, 1.807) is 0 Å². The highest BCUT2D eigenvalue weighted by Crippen LogP contribution is 2.16. The van der Waals surface area contributed by atoms with Crippen molar-refractivity contribution in [3.8, 4) is 0 Å². The molecule has 0 rings (SSSR count). The molecule has 0 aromatic carbocycles. The maximum Gasteiger partial charge on any atom is 0.306 e. The highest BCUT2D eigenvalue weighted by atomic mass is 16.6. The number of unbranched alkanes of at least 4 members (excludes halogenated alkanes) is 36. The zero-order valence-corrected chi connectivity index (χ0v) is 46.1. The van der Waals surface area contributed by atoms with E-state index in [2.05, 4.69) is 69.4 Å². The average Bonchev–Trinajstić information content (AvgIpc) is 3.35. The van der Waals surface area contributed by atoms with Crippen LogP contribution in [0.3, 0.4) is 0 Å². The molecule has 0 aromatic heterocycles. The number of allylic oxidation sites excluding steroid dienone is 8. The molecule has 0 saturated carbocycles. The van der Waals surface area contributed by atoms with Crippen molar-refractivity contribution in [2.24, 2.45) is 0 Å². The van der Waals surface area contributed by atoms with Gasteiger partial charge in [-0.3, -0.25) is 14.4 Å². The van der Waals surface area contributed by atoms with Crippen molar-refractivity contribution in [1.29, 1.82) is 0 Å². The molecule has 0 bridgehead atoms. The second kappa shape index (κ2) is 57.9. The fourth-order valence-corrected chi connectivity index (χ4v) is 8.74. The van der Waals surface area contributed by atoms with E-state index in [4.69, 9.17) is 14.2 Å². The van der Waals surface area contributed by atoms with E-state index >= 15 is 0 Å². The predicted octanol–water partition coefficient (Wildman–Crippen LogP) is 20.2. The Morgan fingerprint density at radius 3 is 0.826 bits per heavy atom. The van der Waals surface area contributed by atoms with Crippen LogP contribution in [0.15, 0.2) is 48.6 Å². The van der Waals surface area contributed by atoms with E-state index in [0.29, 0.717) is 19.3 Å². The van der Waals surface area contributed by atoms with E-state index in [-0.39, 0.29) is 31.1 Å². The maximum atomic E-state index is 12.8. The van der Waals surface area contributed by atoms with Gasteiger partial charge in [-0.05, 0) is 83.5 Å². The summed E-state index contributed by atoms with van der Waals surface area (Å²) in [4.78, 5) is 38.0. The van der Waals surface area contributed by atoms with Gasteiger partial charge in [0.15, 0.2) is 6.10 Å². The molecule has 0 aliphatic rings. The number of carbonyl (C=O) groups is 3. The molecule has 0 fully saturated rings. The minimum Gasteiger partial charge on any atom is -0.462 e. The van der Waals surface area contributed by atoms with Crippen molar-refractivity contribution in [3.63, 3.8) is 0 Å². The fraction of sp³-hybridized carbons (Fsp3) is 0.825. The van der Waals surface area contributed by atoms with Crippen molar-refractivity contribution in [2.45, 2.75) is 322 Å². The van der Waals surface area contributed by atoms with Gasteiger partial charge in [0.1, 0.15) is 13.2 Å². The third-order valence-corrected chi connectivity index (χ3v) is 13.3. The Balaban J connectivity index is 4.15. The van der Waals surface area contributed by atoms with Gasteiger partial charge in [-0.2, -0.15) is 0 Å². The quantitative estimate of drug-likeness (QED) is 0.0262. The van der Waals surface area contributed by atoms with Crippen LogP contribution in [-0.4, -0.2) is 37.2 Å². The van der Waals surface area contributed by atoms with Crippen LogP contribution in [0.5, 0.6) is 0 Å². The van der Waals surface area contributed by atoms with Gasteiger partial charge in [0, 0.05) is 19.3 Å². The smallest absolute Gasteiger partial charge is 0.306 e. The first kappa shape index (κ1) is 66.4. The van der Waals surface area contributed by atoms with Crippen LogP contribution in [0.1, 0.15) is 316 Å². The first-order chi connectivity index (χ1) is 34.0. The van der Waals surface area contributed by atoms with E-state index in [1.165, 1.54) is 186 Å². The third kappa shape index (κ3) is 56.2. The number of hydrogen-bond donors (Lipinski definition) is 0. The van der Waals surface area contributed by atoms with Crippen molar-refractivity contribution in [1.82, 2.24) is 0 Å².